The molecule has 0 aromatic carbocycles. The van der Waals surface area contributed by atoms with Gasteiger partial charge in [-0.1, -0.05) is 0 Å². The van der Waals surface area contributed by atoms with E-state index in [2.05, 4.69) is 14.8 Å². The first-order chi connectivity index (χ1) is 9.22. The molecule has 2 aliphatic rings. The average Bonchev–Trinajstić information content (AvgIpc) is 2.38. The van der Waals surface area contributed by atoms with Crippen molar-refractivity contribution in [1.29, 1.82) is 0 Å². The molecular formula is C13H19N3O3. The lowest BCUT2D eigenvalue weighted by Crippen LogP contribution is -2.60. The molecule has 19 heavy (non-hydrogen) atoms. The fraction of sp³-hybridized carbons (Fsp3) is 0.615. The molecule has 0 radical (unpaired) electrons. The van der Waals surface area contributed by atoms with Crippen LogP contribution in [0.3, 0.4) is 0 Å². The maximum absolute atomic E-state index is 11.3. The van der Waals surface area contributed by atoms with Gasteiger partial charge in [0.15, 0.2) is 5.75 Å². The standard InChI is InChI=1S/C13H19N3O3/c17-12-5-10(14-6-13(12)18)7-15-8-11(9-15)16-1-3-19-4-2-16/h5-6,11,18H,1-4,7-9H2,(H,14,17). The highest BCUT2D eigenvalue weighted by molar-refractivity contribution is 5.18. The van der Waals surface area contributed by atoms with Crippen LogP contribution in [0.5, 0.6) is 5.75 Å². The van der Waals surface area contributed by atoms with E-state index in [1.165, 1.54) is 12.3 Å². The van der Waals surface area contributed by atoms with Gasteiger partial charge < -0.3 is 14.8 Å². The van der Waals surface area contributed by atoms with E-state index in [-0.39, 0.29) is 11.2 Å². The second-order valence-corrected chi connectivity index (χ2v) is 5.20. The zero-order valence-corrected chi connectivity index (χ0v) is 10.8. The monoisotopic (exact) mass is 265 g/mol. The highest BCUT2D eigenvalue weighted by atomic mass is 16.5. The summed E-state index contributed by atoms with van der Waals surface area (Å²) in [6, 6.07) is 2.09. The van der Waals surface area contributed by atoms with Crippen LogP contribution in [0.25, 0.3) is 0 Å². The van der Waals surface area contributed by atoms with Crippen LogP contribution in [0, 0.1) is 0 Å². The largest absolute Gasteiger partial charge is 0.503 e. The molecule has 0 bridgehead atoms. The van der Waals surface area contributed by atoms with Crippen molar-refractivity contribution >= 4 is 0 Å². The molecule has 0 amide bonds. The quantitative estimate of drug-likeness (QED) is 0.778. The summed E-state index contributed by atoms with van der Waals surface area (Å²) in [6.45, 7) is 6.51. The SMILES string of the molecule is O=c1cc(CN2CC(N3CCOCC3)C2)[nH]cc1O. The summed E-state index contributed by atoms with van der Waals surface area (Å²) >= 11 is 0. The zero-order chi connectivity index (χ0) is 13.2. The van der Waals surface area contributed by atoms with Gasteiger partial charge in [0.1, 0.15) is 0 Å². The predicted molar refractivity (Wildman–Crippen MR) is 70.2 cm³/mol. The number of aromatic amines is 1. The minimum atomic E-state index is -0.320. The van der Waals surface area contributed by atoms with E-state index in [0.29, 0.717) is 6.04 Å². The van der Waals surface area contributed by atoms with Crippen LogP contribution in [0.4, 0.5) is 0 Å². The van der Waals surface area contributed by atoms with Crippen molar-refractivity contribution in [2.75, 3.05) is 39.4 Å². The Morgan fingerprint density at radius 1 is 1.37 bits per heavy atom. The van der Waals surface area contributed by atoms with E-state index >= 15 is 0 Å². The summed E-state index contributed by atoms with van der Waals surface area (Å²) < 4.78 is 5.35. The van der Waals surface area contributed by atoms with Gasteiger partial charge in [0.2, 0.25) is 5.43 Å². The van der Waals surface area contributed by atoms with Crippen LogP contribution in [-0.4, -0.2) is 65.3 Å². The third kappa shape index (κ3) is 2.80. The Bertz CT molecular complexity index is 490. The number of hydrogen-bond acceptors (Lipinski definition) is 5. The van der Waals surface area contributed by atoms with Crippen LogP contribution in [0.2, 0.25) is 0 Å². The third-order valence-electron chi connectivity index (χ3n) is 3.85. The number of hydrogen-bond donors (Lipinski definition) is 2. The molecule has 0 saturated carbocycles. The Morgan fingerprint density at radius 2 is 2.11 bits per heavy atom. The molecule has 0 spiro atoms. The number of morpholine rings is 1. The number of ether oxygens (including phenoxy) is 1. The summed E-state index contributed by atoms with van der Waals surface area (Å²) in [5.74, 6) is -0.224. The van der Waals surface area contributed by atoms with Gasteiger partial charge in [-0.15, -0.1) is 0 Å². The first-order valence-corrected chi connectivity index (χ1v) is 6.67. The average molecular weight is 265 g/mol. The minimum Gasteiger partial charge on any atom is -0.503 e. The van der Waals surface area contributed by atoms with Crippen LogP contribution in [0.1, 0.15) is 5.69 Å². The van der Waals surface area contributed by atoms with Crippen LogP contribution in [0.15, 0.2) is 17.1 Å². The number of nitrogens with zero attached hydrogens (tertiary/aromatic N) is 2. The van der Waals surface area contributed by atoms with E-state index in [0.717, 1.165) is 51.6 Å². The maximum atomic E-state index is 11.3. The van der Waals surface area contributed by atoms with Crippen LogP contribution in [-0.2, 0) is 11.3 Å². The normalized spacial score (nSPS) is 22.3. The van der Waals surface area contributed by atoms with E-state index in [4.69, 9.17) is 4.74 Å². The van der Waals surface area contributed by atoms with E-state index in [1.807, 2.05) is 0 Å². The molecule has 0 atom stereocenters. The van der Waals surface area contributed by atoms with Gasteiger partial charge in [0, 0.05) is 56.7 Å². The van der Waals surface area contributed by atoms with Crippen molar-refractivity contribution in [3.8, 4) is 5.75 Å². The number of pyridine rings is 1. The van der Waals surface area contributed by atoms with Crippen molar-refractivity contribution in [3.63, 3.8) is 0 Å². The molecule has 104 valence electrons. The molecule has 2 saturated heterocycles. The zero-order valence-electron chi connectivity index (χ0n) is 10.8. The van der Waals surface area contributed by atoms with Gasteiger partial charge in [-0.05, 0) is 0 Å². The van der Waals surface area contributed by atoms with Gasteiger partial charge in [0.25, 0.3) is 0 Å². The molecule has 2 N–H and O–H groups in total. The summed E-state index contributed by atoms with van der Waals surface area (Å²) in [6.07, 6.45) is 1.36. The van der Waals surface area contributed by atoms with Gasteiger partial charge in [-0.3, -0.25) is 14.6 Å². The van der Waals surface area contributed by atoms with E-state index in [1.54, 1.807) is 0 Å². The van der Waals surface area contributed by atoms with Crippen molar-refractivity contribution in [2.24, 2.45) is 0 Å². The van der Waals surface area contributed by atoms with E-state index in [9.17, 15) is 9.90 Å². The molecule has 3 rings (SSSR count). The predicted octanol–water partition coefficient (Wildman–Crippen LogP) is -0.403. The van der Waals surface area contributed by atoms with Crippen LogP contribution >= 0.6 is 0 Å². The smallest absolute Gasteiger partial charge is 0.223 e. The van der Waals surface area contributed by atoms with Crippen molar-refractivity contribution in [1.82, 2.24) is 14.8 Å². The molecule has 6 heteroatoms. The van der Waals surface area contributed by atoms with E-state index < -0.39 is 0 Å². The van der Waals surface area contributed by atoms with Crippen LogP contribution < -0.4 is 5.43 Å². The molecule has 1 aromatic heterocycles. The molecule has 0 unspecified atom stereocenters. The molecule has 0 aliphatic carbocycles. The number of likely N-dealkylation sites (tertiary alicyclic amines) is 1. The third-order valence-corrected chi connectivity index (χ3v) is 3.85. The van der Waals surface area contributed by atoms with Gasteiger partial charge in [-0.2, -0.15) is 0 Å². The lowest BCUT2D eigenvalue weighted by Gasteiger charge is -2.46. The molecule has 3 heterocycles. The van der Waals surface area contributed by atoms with Gasteiger partial charge in [-0.25, -0.2) is 0 Å². The van der Waals surface area contributed by atoms with Gasteiger partial charge in [0.05, 0.1) is 13.2 Å². The number of nitrogens with one attached hydrogen (secondary N) is 1. The molecule has 2 fully saturated rings. The highest BCUT2D eigenvalue weighted by Crippen LogP contribution is 2.18. The first-order valence-electron chi connectivity index (χ1n) is 6.67. The second kappa shape index (κ2) is 5.32. The lowest BCUT2D eigenvalue weighted by atomic mass is 10.1. The molecular weight excluding hydrogens is 246 g/mol. The number of H-pyrrole nitrogens is 1. The Kier molecular flexibility index (Phi) is 3.54. The summed E-state index contributed by atoms with van der Waals surface area (Å²) in [4.78, 5) is 19.0. The minimum absolute atomic E-state index is 0.224. The topological polar surface area (TPSA) is 68.8 Å². The lowest BCUT2D eigenvalue weighted by molar-refractivity contribution is -0.0347. The van der Waals surface area contributed by atoms with Crippen molar-refractivity contribution < 1.29 is 9.84 Å². The van der Waals surface area contributed by atoms with Gasteiger partial charge >= 0.3 is 0 Å². The molecule has 2 aliphatic heterocycles. The summed E-state index contributed by atoms with van der Waals surface area (Å²) in [7, 11) is 0. The summed E-state index contributed by atoms with van der Waals surface area (Å²) in [5.41, 5.74) is 0.530. The highest BCUT2D eigenvalue weighted by Gasteiger charge is 2.32. The Hall–Kier alpha value is -1.37. The Morgan fingerprint density at radius 3 is 2.79 bits per heavy atom. The van der Waals surface area contributed by atoms with Crippen molar-refractivity contribution in [2.45, 2.75) is 12.6 Å². The second-order valence-electron chi connectivity index (χ2n) is 5.20. The number of aromatic hydroxyl groups is 1. The first kappa shape index (κ1) is 12.7. The Labute approximate surface area is 111 Å². The fourth-order valence-electron chi connectivity index (χ4n) is 2.68. The summed E-state index contributed by atoms with van der Waals surface area (Å²) in [5, 5.41) is 9.19. The molecule has 6 nitrogen and oxygen atoms in total. The maximum Gasteiger partial charge on any atom is 0.223 e. The number of rotatable bonds is 3. The van der Waals surface area contributed by atoms with Crippen molar-refractivity contribution in [3.05, 3.63) is 28.2 Å². The number of aromatic nitrogens is 1. The molecule has 1 aromatic rings. The fourth-order valence-corrected chi connectivity index (χ4v) is 2.68. The Balaban J connectivity index is 1.50.